The molecular formula is C17H26N2O3. The van der Waals surface area contributed by atoms with Gasteiger partial charge in [-0.25, -0.2) is 4.79 Å². The van der Waals surface area contributed by atoms with Gasteiger partial charge in [0.2, 0.25) is 0 Å². The van der Waals surface area contributed by atoms with E-state index >= 15 is 0 Å². The summed E-state index contributed by atoms with van der Waals surface area (Å²) in [6.07, 6.45) is 5.14. The summed E-state index contributed by atoms with van der Waals surface area (Å²) in [6.45, 7) is 2.46. The zero-order valence-electron chi connectivity index (χ0n) is 13.7. The molecule has 1 saturated carbocycles. The predicted molar refractivity (Wildman–Crippen MR) is 87.4 cm³/mol. The lowest BCUT2D eigenvalue weighted by Crippen LogP contribution is -2.40. The number of nitrogens with zero attached hydrogens (tertiary/aromatic N) is 1. The van der Waals surface area contributed by atoms with E-state index in [0.29, 0.717) is 12.7 Å². The highest BCUT2D eigenvalue weighted by molar-refractivity contribution is 5.89. The molecule has 0 spiro atoms. The van der Waals surface area contributed by atoms with Gasteiger partial charge in [0.15, 0.2) is 0 Å². The fourth-order valence-corrected chi connectivity index (χ4v) is 2.58. The van der Waals surface area contributed by atoms with E-state index in [0.717, 1.165) is 24.3 Å². The van der Waals surface area contributed by atoms with E-state index in [9.17, 15) is 4.79 Å². The summed E-state index contributed by atoms with van der Waals surface area (Å²) in [7, 11) is 3.39. The Morgan fingerprint density at radius 2 is 1.95 bits per heavy atom. The number of urea groups is 1. The molecule has 5 heteroatoms. The van der Waals surface area contributed by atoms with Crippen LogP contribution in [-0.4, -0.2) is 43.8 Å². The maximum atomic E-state index is 12.1. The van der Waals surface area contributed by atoms with Gasteiger partial charge in [-0.05, 0) is 56.9 Å². The highest BCUT2D eigenvalue weighted by Crippen LogP contribution is 2.25. The number of ether oxygens (including phenoxy) is 2. The molecule has 2 rings (SSSR count). The van der Waals surface area contributed by atoms with E-state index in [2.05, 4.69) is 5.32 Å². The predicted octanol–water partition coefficient (Wildman–Crippen LogP) is 3.51. The van der Waals surface area contributed by atoms with E-state index in [1.54, 1.807) is 19.1 Å². The fourth-order valence-electron chi connectivity index (χ4n) is 2.58. The summed E-state index contributed by atoms with van der Waals surface area (Å²) in [4.78, 5) is 13.8. The summed E-state index contributed by atoms with van der Waals surface area (Å²) in [6, 6.07) is 7.44. The molecule has 1 atom stereocenters. The van der Waals surface area contributed by atoms with Crippen molar-refractivity contribution in [3.63, 3.8) is 0 Å². The molecule has 0 saturated heterocycles. The van der Waals surface area contributed by atoms with Gasteiger partial charge in [0.05, 0.1) is 18.8 Å². The molecule has 1 fully saturated rings. The van der Waals surface area contributed by atoms with Crippen LogP contribution in [0.25, 0.3) is 0 Å². The Morgan fingerprint density at radius 1 is 1.32 bits per heavy atom. The molecule has 1 aromatic rings. The standard InChI is InChI=1S/C17H26N2O3/c1-13(12-21-3)19(2)17(20)18-14-8-10-16(11-9-14)22-15-6-4-5-7-15/h8-11,13,15H,4-7,12H2,1-3H3,(H,18,20). The minimum atomic E-state index is -0.144. The minimum Gasteiger partial charge on any atom is -0.490 e. The number of amides is 2. The van der Waals surface area contributed by atoms with Gasteiger partial charge < -0.3 is 19.7 Å². The second kappa shape index (κ2) is 8.03. The first-order valence-corrected chi connectivity index (χ1v) is 7.89. The van der Waals surface area contributed by atoms with Gasteiger partial charge in [-0.3, -0.25) is 0 Å². The van der Waals surface area contributed by atoms with Gasteiger partial charge in [-0.15, -0.1) is 0 Å². The van der Waals surface area contributed by atoms with Crippen LogP contribution in [0.15, 0.2) is 24.3 Å². The summed E-state index contributed by atoms with van der Waals surface area (Å²) >= 11 is 0. The molecule has 0 radical (unpaired) electrons. The number of rotatable bonds is 6. The van der Waals surface area contributed by atoms with E-state index in [1.807, 2.05) is 31.2 Å². The van der Waals surface area contributed by atoms with Crippen LogP contribution in [0.5, 0.6) is 5.75 Å². The van der Waals surface area contributed by atoms with Crippen molar-refractivity contribution in [2.45, 2.75) is 44.8 Å². The van der Waals surface area contributed by atoms with Crippen LogP contribution in [0, 0.1) is 0 Å². The average Bonchev–Trinajstić information content (AvgIpc) is 3.01. The second-order valence-electron chi connectivity index (χ2n) is 5.89. The van der Waals surface area contributed by atoms with Crippen LogP contribution in [0.3, 0.4) is 0 Å². The highest BCUT2D eigenvalue weighted by Gasteiger charge is 2.17. The van der Waals surface area contributed by atoms with Crippen LogP contribution in [0.4, 0.5) is 10.5 Å². The summed E-state index contributed by atoms with van der Waals surface area (Å²) < 4.78 is 11.0. The van der Waals surface area contributed by atoms with E-state index in [4.69, 9.17) is 9.47 Å². The highest BCUT2D eigenvalue weighted by atomic mass is 16.5. The van der Waals surface area contributed by atoms with Gasteiger partial charge in [0.1, 0.15) is 5.75 Å². The van der Waals surface area contributed by atoms with Gasteiger partial charge in [-0.1, -0.05) is 0 Å². The zero-order valence-corrected chi connectivity index (χ0v) is 13.7. The number of hydrogen-bond acceptors (Lipinski definition) is 3. The van der Waals surface area contributed by atoms with Crippen molar-refractivity contribution < 1.29 is 14.3 Å². The molecule has 0 aliphatic heterocycles. The number of carbonyl (C=O) groups is 1. The third-order valence-electron chi connectivity index (χ3n) is 4.10. The number of anilines is 1. The van der Waals surface area contributed by atoms with E-state index in [-0.39, 0.29) is 12.1 Å². The first-order chi connectivity index (χ1) is 10.6. The third kappa shape index (κ3) is 4.63. The van der Waals surface area contributed by atoms with Gasteiger partial charge in [-0.2, -0.15) is 0 Å². The number of benzene rings is 1. The van der Waals surface area contributed by atoms with Crippen LogP contribution in [0.2, 0.25) is 0 Å². The quantitative estimate of drug-likeness (QED) is 0.875. The molecule has 1 aromatic carbocycles. The smallest absolute Gasteiger partial charge is 0.321 e. The number of hydrogen-bond donors (Lipinski definition) is 1. The van der Waals surface area contributed by atoms with E-state index in [1.165, 1.54) is 12.8 Å². The van der Waals surface area contributed by atoms with Gasteiger partial charge >= 0.3 is 6.03 Å². The van der Waals surface area contributed by atoms with Crippen molar-refractivity contribution in [2.24, 2.45) is 0 Å². The largest absolute Gasteiger partial charge is 0.490 e. The maximum absolute atomic E-state index is 12.1. The maximum Gasteiger partial charge on any atom is 0.321 e. The number of carbonyl (C=O) groups excluding carboxylic acids is 1. The first-order valence-electron chi connectivity index (χ1n) is 7.89. The molecule has 0 aromatic heterocycles. The Morgan fingerprint density at radius 3 is 2.55 bits per heavy atom. The lowest BCUT2D eigenvalue weighted by Gasteiger charge is -2.24. The minimum absolute atomic E-state index is 0.0231. The lowest BCUT2D eigenvalue weighted by molar-refractivity contribution is 0.128. The topological polar surface area (TPSA) is 50.8 Å². The third-order valence-corrected chi connectivity index (χ3v) is 4.10. The van der Waals surface area contributed by atoms with Crippen molar-refractivity contribution in [3.8, 4) is 5.75 Å². The molecule has 2 amide bonds. The summed E-state index contributed by atoms with van der Waals surface area (Å²) in [5.41, 5.74) is 0.764. The molecule has 1 unspecified atom stereocenters. The molecule has 22 heavy (non-hydrogen) atoms. The first kappa shape index (κ1) is 16.6. The number of likely N-dealkylation sites (N-methyl/N-ethyl adjacent to an activating group) is 1. The number of nitrogens with one attached hydrogen (secondary N) is 1. The Balaban J connectivity index is 1.86. The van der Waals surface area contributed by atoms with Crippen molar-refractivity contribution in [1.82, 2.24) is 4.90 Å². The zero-order chi connectivity index (χ0) is 15.9. The molecule has 1 aliphatic carbocycles. The van der Waals surface area contributed by atoms with Crippen LogP contribution in [-0.2, 0) is 4.74 Å². The molecule has 0 heterocycles. The molecule has 1 N–H and O–H groups in total. The van der Waals surface area contributed by atoms with Crippen molar-refractivity contribution in [3.05, 3.63) is 24.3 Å². The van der Waals surface area contributed by atoms with E-state index < -0.39 is 0 Å². The molecule has 0 bridgehead atoms. The Labute approximate surface area is 132 Å². The summed E-state index contributed by atoms with van der Waals surface area (Å²) in [5, 5.41) is 2.88. The SMILES string of the molecule is COCC(C)N(C)C(=O)Nc1ccc(OC2CCCC2)cc1. The monoisotopic (exact) mass is 306 g/mol. The van der Waals surface area contributed by atoms with Crippen molar-refractivity contribution in [1.29, 1.82) is 0 Å². The molecular weight excluding hydrogens is 280 g/mol. The Kier molecular flexibility index (Phi) is 6.07. The van der Waals surface area contributed by atoms with Gasteiger partial charge in [0.25, 0.3) is 0 Å². The molecule has 5 nitrogen and oxygen atoms in total. The summed E-state index contributed by atoms with van der Waals surface area (Å²) in [5.74, 6) is 0.867. The van der Waals surface area contributed by atoms with Crippen molar-refractivity contribution in [2.75, 3.05) is 26.1 Å². The molecule has 122 valence electrons. The Hall–Kier alpha value is -1.75. The lowest BCUT2D eigenvalue weighted by atomic mass is 10.2. The average molecular weight is 306 g/mol. The van der Waals surface area contributed by atoms with Crippen LogP contribution < -0.4 is 10.1 Å². The second-order valence-corrected chi connectivity index (χ2v) is 5.89. The van der Waals surface area contributed by atoms with Crippen LogP contribution >= 0.6 is 0 Å². The number of methoxy groups -OCH3 is 1. The Bertz CT molecular complexity index is 469. The van der Waals surface area contributed by atoms with Gasteiger partial charge in [0, 0.05) is 19.8 Å². The molecule has 1 aliphatic rings. The normalized spacial score (nSPS) is 16.3. The van der Waals surface area contributed by atoms with Crippen LogP contribution in [0.1, 0.15) is 32.6 Å². The fraction of sp³-hybridized carbons (Fsp3) is 0.588. The van der Waals surface area contributed by atoms with Crippen molar-refractivity contribution >= 4 is 11.7 Å².